The SMILES string of the molecule is Cc1c(C(=O)C(F)(F)F)c(-c2ccccc2)c2n1CCC2. The molecule has 21 heavy (non-hydrogen) atoms. The molecule has 0 radical (unpaired) electrons. The van der Waals surface area contributed by atoms with Gasteiger partial charge in [-0.25, -0.2) is 0 Å². The fourth-order valence-electron chi connectivity index (χ4n) is 3.10. The molecule has 0 N–H and O–H groups in total. The van der Waals surface area contributed by atoms with Gasteiger partial charge in [0.1, 0.15) is 0 Å². The third-order valence-corrected chi connectivity index (χ3v) is 3.97. The molecule has 110 valence electrons. The molecule has 1 aromatic heterocycles. The Balaban J connectivity index is 2.28. The first-order chi connectivity index (χ1) is 9.91. The summed E-state index contributed by atoms with van der Waals surface area (Å²) in [7, 11) is 0. The van der Waals surface area contributed by atoms with Crippen molar-refractivity contribution in [1.29, 1.82) is 0 Å². The molecule has 0 atom stereocenters. The Morgan fingerprint density at radius 2 is 1.86 bits per heavy atom. The smallest absolute Gasteiger partial charge is 0.347 e. The quantitative estimate of drug-likeness (QED) is 0.762. The maximum absolute atomic E-state index is 12.9. The van der Waals surface area contributed by atoms with Crippen LogP contribution in [0.3, 0.4) is 0 Å². The molecule has 0 aliphatic carbocycles. The van der Waals surface area contributed by atoms with Gasteiger partial charge in [0.2, 0.25) is 0 Å². The molecule has 3 rings (SSSR count). The van der Waals surface area contributed by atoms with Crippen molar-refractivity contribution < 1.29 is 18.0 Å². The summed E-state index contributed by atoms with van der Waals surface area (Å²) in [5.41, 5.74) is 2.19. The van der Waals surface area contributed by atoms with E-state index in [1.54, 1.807) is 37.3 Å². The van der Waals surface area contributed by atoms with Gasteiger partial charge in [0.15, 0.2) is 0 Å². The summed E-state index contributed by atoms with van der Waals surface area (Å²) in [5.74, 6) is -1.75. The van der Waals surface area contributed by atoms with Gasteiger partial charge in [0.05, 0.1) is 5.56 Å². The molecule has 5 heteroatoms. The number of benzene rings is 1. The lowest BCUT2D eigenvalue weighted by atomic mass is 9.96. The summed E-state index contributed by atoms with van der Waals surface area (Å²) < 4.78 is 40.6. The van der Waals surface area contributed by atoms with Crippen molar-refractivity contribution >= 4 is 5.78 Å². The zero-order valence-electron chi connectivity index (χ0n) is 11.5. The maximum Gasteiger partial charge on any atom is 0.454 e. The first-order valence-corrected chi connectivity index (χ1v) is 6.80. The van der Waals surface area contributed by atoms with E-state index in [2.05, 4.69) is 0 Å². The number of halogens is 3. The van der Waals surface area contributed by atoms with Crippen LogP contribution in [0.2, 0.25) is 0 Å². The number of fused-ring (bicyclic) bond motifs is 1. The molecule has 0 amide bonds. The van der Waals surface area contributed by atoms with Crippen LogP contribution >= 0.6 is 0 Å². The van der Waals surface area contributed by atoms with Gasteiger partial charge in [-0.3, -0.25) is 4.79 Å². The van der Waals surface area contributed by atoms with Crippen LogP contribution in [0.1, 0.15) is 28.2 Å². The highest BCUT2D eigenvalue weighted by Gasteiger charge is 2.43. The Morgan fingerprint density at radius 1 is 1.19 bits per heavy atom. The standard InChI is InChI=1S/C16H14F3NO/c1-10-13(15(21)16(17,18)19)14(11-6-3-2-4-7-11)12-8-5-9-20(10)12/h2-4,6-7H,5,8-9H2,1H3. The molecule has 0 spiro atoms. The van der Waals surface area contributed by atoms with Crippen molar-refractivity contribution in [2.45, 2.75) is 32.5 Å². The van der Waals surface area contributed by atoms with Crippen LogP contribution in [0.15, 0.2) is 30.3 Å². The largest absolute Gasteiger partial charge is 0.454 e. The lowest BCUT2D eigenvalue weighted by Crippen LogP contribution is -2.24. The second-order valence-corrected chi connectivity index (χ2v) is 5.23. The van der Waals surface area contributed by atoms with E-state index >= 15 is 0 Å². The molecule has 2 aromatic rings. The Morgan fingerprint density at radius 3 is 2.48 bits per heavy atom. The van der Waals surface area contributed by atoms with Crippen LogP contribution in [0.5, 0.6) is 0 Å². The average molecular weight is 293 g/mol. The Labute approximate surface area is 120 Å². The predicted octanol–water partition coefficient (Wildman–Crippen LogP) is 4.15. The van der Waals surface area contributed by atoms with Crippen LogP contribution in [0.25, 0.3) is 11.1 Å². The molecule has 2 nitrogen and oxygen atoms in total. The normalized spacial score (nSPS) is 14.3. The fourth-order valence-corrected chi connectivity index (χ4v) is 3.10. The lowest BCUT2D eigenvalue weighted by molar-refractivity contribution is -0.0885. The number of hydrogen-bond acceptors (Lipinski definition) is 1. The number of carbonyl (C=O) groups excluding carboxylic acids is 1. The average Bonchev–Trinajstić information content (AvgIpc) is 3.00. The van der Waals surface area contributed by atoms with Crippen LogP contribution in [0, 0.1) is 6.92 Å². The van der Waals surface area contributed by atoms with Crippen LogP contribution in [-0.4, -0.2) is 16.5 Å². The van der Waals surface area contributed by atoms with Gasteiger partial charge >= 0.3 is 6.18 Å². The van der Waals surface area contributed by atoms with Crippen molar-refractivity contribution in [3.8, 4) is 11.1 Å². The van der Waals surface area contributed by atoms with Crippen molar-refractivity contribution in [3.05, 3.63) is 47.3 Å². The van der Waals surface area contributed by atoms with Gasteiger partial charge in [0, 0.05) is 23.5 Å². The first kappa shape index (κ1) is 13.9. The Kier molecular flexibility index (Phi) is 3.15. The van der Waals surface area contributed by atoms with Crippen LogP contribution in [0.4, 0.5) is 13.2 Å². The van der Waals surface area contributed by atoms with Gasteiger partial charge in [-0.2, -0.15) is 13.2 Å². The van der Waals surface area contributed by atoms with E-state index in [4.69, 9.17) is 0 Å². The Hall–Kier alpha value is -2.04. The highest BCUT2D eigenvalue weighted by atomic mass is 19.4. The summed E-state index contributed by atoms with van der Waals surface area (Å²) in [6.45, 7) is 2.27. The summed E-state index contributed by atoms with van der Waals surface area (Å²) in [4.78, 5) is 11.8. The van der Waals surface area contributed by atoms with Crippen LogP contribution < -0.4 is 0 Å². The molecule has 1 aromatic carbocycles. The molecular formula is C16H14F3NO. The molecular weight excluding hydrogens is 279 g/mol. The second-order valence-electron chi connectivity index (χ2n) is 5.23. The molecule has 1 aliphatic heterocycles. The number of Topliss-reactive ketones (excluding diaryl/α,β-unsaturated/α-hetero) is 1. The highest BCUT2D eigenvalue weighted by Crippen LogP contribution is 2.39. The van der Waals surface area contributed by atoms with Gasteiger partial charge in [0.25, 0.3) is 5.78 Å². The number of alkyl halides is 3. The molecule has 0 bridgehead atoms. The van der Waals surface area contributed by atoms with E-state index < -0.39 is 12.0 Å². The second kappa shape index (κ2) is 4.76. The minimum absolute atomic E-state index is 0.191. The number of ketones is 1. The van der Waals surface area contributed by atoms with E-state index in [0.717, 1.165) is 12.1 Å². The Bertz CT molecular complexity index is 699. The monoisotopic (exact) mass is 293 g/mol. The summed E-state index contributed by atoms with van der Waals surface area (Å²) in [6.07, 6.45) is -3.25. The van der Waals surface area contributed by atoms with Crippen molar-refractivity contribution in [2.24, 2.45) is 0 Å². The third kappa shape index (κ3) is 2.17. The van der Waals surface area contributed by atoms with Gasteiger partial charge in [-0.15, -0.1) is 0 Å². The number of rotatable bonds is 2. The zero-order chi connectivity index (χ0) is 15.2. The molecule has 0 unspecified atom stereocenters. The van der Waals surface area contributed by atoms with Gasteiger partial charge in [-0.1, -0.05) is 30.3 Å². The van der Waals surface area contributed by atoms with Gasteiger partial charge in [-0.05, 0) is 25.3 Å². The maximum atomic E-state index is 12.9. The summed E-state index contributed by atoms with van der Waals surface area (Å²) >= 11 is 0. The highest BCUT2D eigenvalue weighted by molar-refractivity contribution is 6.07. The van der Waals surface area contributed by atoms with Crippen molar-refractivity contribution in [3.63, 3.8) is 0 Å². The topological polar surface area (TPSA) is 22.0 Å². The minimum atomic E-state index is -4.85. The minimum Gasteiger partial charge on any atom is -0.347 e. The fraction of sp³-hybridized carbons (Fsp3) is 0.312. The van der Waals surface area contributed by atoms with Crippen molar-refractivity contribution in [1.82, 2.24) is 4.57 Å². The van der Waals surface area contributed by atoms with E-state index in [1.807, 2.05) is 4.57 Å². The molecule has 0 saturated carbocycles. The molecule has 1 aliphatic rings. The first-order valence-electron chi connectivity index (χ1n) is 6.80. The van der Waals surface area contributed by atoms with E-state index in [-0.39, 0.29) is 5.56 Å². The lowest BCUT2D eigenvalue weighted by Gasteiger charge is -2.09. The number of nitrogens with zero attached hydrogens (tertiary/aromatic N) is 1. The van der Waals surface area contributed by atoms with E-state index in [1.165, 1.54) is 0 Å². The van der Waals surface area contributed by atoms with Crippen molar-refractivity contribution in [2.75, 3.05) is 0 Å². The van der Waals surface area contributed by atoms with Gasteiger partial charge < -0.3 is 4.57 Å². The predicted molar refractivity (Wildman–Crippen MR) is 73.3 cm³/mol. The number of carbonyl (C=O) groups is 1. The summed E-state index contributed by atoms with van der Waals surface area (Å²) in [6, 6.07) is 8.84. The van der Waals surface area contributed by atoms with E-state index in [0.29, 0.717) is 29.8 Å². The summed E-state index contributed by atoms with van der Waals surface area (Å²) in [5, 5.41) is 0. The van der Waals surface area contributed by atoms with Crippen LogP contribution in [-0.2, 0) is 13.0 Å². The molecule has 0 fully saturated rings. The third-order valence-electron chi connectivity index (χ3n) is 3.97. The zero-order valence-corrected chi connectivity index (χ0v) is 11.5. The molecule has 2 heterocycles. The molecule has 0 saturated heterocycles. The van der Waals surface area contributed by atoms with E-state index in [9.17, 15) is 18.0 Å². The number of hydrogen-bond donors (Lipinski definition) is 0. The number of aromatic nitrogens is 1.